The number of alkyl halides is 5. The molecule has 0 radical (unpaired) electrons. The van der Waals surface area contributed by atoms with Crippen molar-refractivity contribution in [1.29, 1.82) is 0 Å². The first-order valence-electron chi connectivity index (χ1n) is 9.80. The van der Waals surface area contributed by atoms with Crippen LogP contribution in [0.25, 0.3) is 0 Å². The lowest BCUT2D eigenvalue weighted by Crippen LogP contribution is -2.34. The van der Waals surface area contributed by atoms with Crippen LogP contribution in [0.15, 0.2) is 23.3 Å². The third-order valence-electron chi connectivity index (χ3n) is 5.48. The summed E-state index contributed by atoms with van der Waals surface area (Å²) in [6.45, 7) is 1.32. The van der Waals surface area contributed by atoms with E-state index in [0.717, 1.165) is 24.4 Å². The fraction of sp³-hybridized carbons (Fsp3) is 0.450. The fourth-order valence-electron chi connectivity index (χ4n) is 3.63. The van der Waals surface area contributed by atoms with Crippen molar-refractivity contribution >= 4 is 29.5 Å². The molecule has 1 aromatic heterocycles. The Labute approximate surface area is 185 Å². The number of nitrogens with one attached hydrogen (secondary N) is 1. The third kappa shape index (κ3) is 3.94. The molecule has 6 nitrogen and oxygen atoms in total. The van der Waals surface area contributed by atoms with Gasteiger partial charge in [-0.25, -0.2) is 5.01 Å². The molecule has 0 bridgehead atoms. The van der Waals surface area contributed by atoms with E-state index < -0.39 is 17.8 Å². The normalized spacial score (nSPS) is 19.0. The highest BCUT2D eigenvalue weighted by molar-refractivity contribution is 6.33. The highest BCUT2D eigenvalue weighted by Gasteiger charge is 2.61. The topological polar surface area (TPSA) is 62.5 Å². The molecule has 1 aromatic carbocycles. The van der Waals surface area contributed by atoms with Crippen molar-refractivity contribution in [3.63, 3.8) is 0 Å². The number of benzene rings is 1. The minimum atomic E-state index is -5.76. The van der Waals surface area contributed by atoms with E-state index in [1.54, 1.807) is 24.4 Å². The van der Waals surface area contributed by atoms with Crippen molar-refractivity contribution in [2.45, 2.75) is 43.8 Å². The highest BCUT2D eigenvalue weighted by atomic mass is 35.5. The number of nitrogens with zero attached hydrogens (tertiary/aromatic N) is 4. The first-order chi connectivity index (χ1) is 14.9. The number of amides is 1. The largest absolute Gasteiger partial charge is 0.459 e. The zero-order valence-electron chi connectivity index (χ0n) is 17.1. The number of hydrogen-bond acceptors (Lipinski definition) is 4. The van der Waals surface area contributed by atoms with Gasteiger partial charge in [-0.15, -0.1) is 0 Å². The van der Waals surface area contributed by atoms with E-state index in [0.29, 0.717) is 16.1 Å². The molecule has 2 heterocycles. The van der Waals surface area contributed by atoms with Gasteiger partial charge in [0.2, 0.25) is 0 Å². The molecular formula is C20H19ClF5N5O. The summed E-state index contributed by atoms with van der Waals surface area (Å²) in [6, 6.07) is 5.10. The predicted molar refractivity (Wildman–Crippen MR) is 108 cm³/mol. The number of carbonyl (C=O) groups excluding carboxylic acids is 1. The van der Waals surface area contributed by atoms with Gasteiger partial charge in [0.15, 0.2) is 0 Å². The van der Waals surface area contributed by atoms with Crippen LogP contribution in [0.2, 0.25) is 5.02 Å². The average molecular weight is 476 g/mol. The van der Waals surface area contributed by atoms with E-state index >= 15 is 0 Å². The van der Waals surface area contributed by atoms with E-state index in [-0.39, 0.29) is 35.8 Å². The van der Waals surface area contributed by atoms with Crippen molar-refractivity contribution in [3.05, 3.63) is 45.6 Å². The van der Waals surface area contributed by atoms with E-state index in [4.69, 9.17) is 11.6 Å². The van der Waals surface area contributed by atoms with Gasteiger partial charge >= 0.3 is 12.1 Å². The Bertz CT molecular complexity index is 1090. The van der Waals surface area contributed by atoms with Crippen molar-refractivity contribution < 1.29 is 26.7 Å². The summed E-state index contributed by atoms with van der Waals surface area (Å²) in [4.78, 5) is 12.4. The maximum absolute atomic E-state index is 13.9. The summed E-state index contributed by atoms with van der Waals surface area (Å²) in [5, 5.41) is 12.1. The van der Waals surface area contributed by atoms with Crippen LogP contribution in [0.5, 0.6) is 0 Å². The van der Waals surface area contributed by atoms with Gasteiger partial charge in [0, 0.05) is 30.8 Å². The smallest absolute Gasteiger partial charge is 0.349 e. The Morgan fingerprint density at radius 3 is 2.53 bits per heavy atom. The van der Waals surface area contributed by atoms with Crippen LogP contribution in [-0.2, 0) is 13.0 Å². The Kier molecular flexibility index (Phi) is 5.43. The number of anilines is 1. The van der Waals surface area contributed by atoms with E-state index in [9.17, 15) is 26.7 Å². The third-order valence-corrected chi connectivity index (χ3v) is 5.81. The summed E-state index contributed by atoms with van der Waals surface area (Å²) >= 11 is 6.17. The van der Waals surface area contributed by atoms with Crippen LogP contribution in [0.1, 0.15) is 45.9 Å². The minimum Gasteiger partial charge on any atom is -0.349 e. The quantitative estimate of drug-likeness (QED) is 0.647. The molecule has 4 rings (SSSR count). The molecule has 1 saturated carbocycles. The standard InChI is InChI=1S/C20H19ClF5N5O/c1-10-16(19(22,23)20(24,25)26)29-30(2)18(10)31-9-12(8-27-31)11-3-6-15(21)14(7-11)17(32)28-13-4-5-13/h3,6-8,12-13H,4-5,9H2,1-2H3,(H,28,32). The van der Waals surface area contributed by atoms with Gasteiger partial charge in [-0.3, -0.25) is 9.48 Å². The average Bonchev–Trinajstić information content (AvgIpc) is 3.28. The van der Waals surface area contributed by atoms with Gasteiger partial charge in [0.05, 0.1) is 17.1 Å². The molecule has 1 aliphatic carbocycles. The monoisotopic (exact) mass is 475 g/mol. The summed E-state index contributed by atoms with van der Waals surface area (Å²) in [6.07, 6.45) is -2.37. The molecule has 1 atom stereocenters. The summed E-state index contributed by atoms with van der Waals surface area (Å²) in [5.74, 6) is -5.67. The van der Waals surface area contributed by atoms with Gasteiger partial charge < -0.3 is 5.32 Å². The van der Waals surface area contributed by atoms with Crippen molar-refractivity contribution in [3.8, 4) is 0 Å². The first kappa shape index (κ1) is 22.5. The molecular weight excluding hydrogens is 457 g/mol. The molecule has 2 aromatic rings. The lowest BCUT2D eigenvalue weighted by Gasteiger charge is -2.19. The second-order valence-electron chi connectivity index (χ2n) is 7.93. The Balaban J connectivity index is 1.57. The number of rotatable bonds is 5. The SMILES string of the molecule is Cc1c(C(F)(F)C(F)(F)F)nn(C)c1N1CC(c2ccc(Cl)c(C(=O)NC3CC3)c2)C=N1. The molecule has 0 spiro atoms. The van der Waals surface area contributed by atoms with Crippen molar-refractivity contribution in [2.75, 3.05) is 11.6 Å². The number of aryl methyl sites for hydroxylation is 1. The van der Waals surface area contributed by atoms with Crippen molar-refractivity contribution in [2.24, 2.45) is 12.1 Å². The molecule has 1 unspecified atom stereocenters. The number of hydrogen-bond donors (Lipinski definition) is 1. The zero-order chi connectivity index (χ0) is 23.4. The molecule has 1 fully saturated rings. The van der Waals surface area contributed by atoms with Crippen LogP contribution in [0.4, 0.5) is 27.8 Å². The van der Waals surface area contributed by atoms with Gasteiger partial charge in [0.25, 0.3) is 5.91 Å². The Hall–Kier alpha value is -2.69. The molecule has 172 valence electrons. The molecule has 2 aliphatic rings. The molecule has 12 heteroatoms. The second kappa shape index (κ2) is 7.72. The predicted octanol–water partition coefficient (Wildman–Crippen LogP) is 4.52. The van der Waals surface area contributed by atoms with Gasteiger partial charge in [0.1, 0.15) is 11.5 Å². The van der Waals surface area contributed by atoms with Crippen LogP contribution in [0, 0.1) is 6.92 Å². The lowest BCUT2D eigenvalue weighted by atomic mass is 9.98. The van der Waals surface area contributed by atoms with Gasteiger partial charge in [-0.1, -0.05) is 17.7 Å². The summed E-state index contributed by atoms with van der Waals surface area (Å²) in [5.41, 5.74) is -0.645. The number of aromatic nitrogens is 2. The Morgan fingerprint density at radius 1 is 1.22 bits per heavy atom. The van der Waals surface area contributed by atoms with E-state index in [1.807, 2.05) is 0 Å². The fourth-order valence-corrected chi connectivity index (χ4v) is 3.83. The zero-order valence-corrected chi connectivity index (χ0v) is 17.8. The minimum absolute atomic E-state index is 0.0309. The molecule has 0 saturated heterocycles. The Morgan fingerprint density at radius 2 is 1.91 bits per heavy atom. The maximum atomic E-state index is 13.9. The van der Waals surface area contributed by atoms with Crippen LogP contribution in [-0.4, -0.2) is 40.7 Å². The van der Waals surface area contributed by atoms with Crippen LogP contribution < -0.4 is 10.3 Å². The second-order valence-corrected chi connectivity index (χ2v) is 8.34. The van der Waals surface area contributed by atoms with Crippen molar-refractivity contribution in [1.82, 2.24) is 15.1 Å². The van der Waals surface area contributed by atoms with Crippen LogP contribution in [0.3, 0.4) is 0 Å². The summed E-state index contributed by atoms with van der Waals surface area (Å²) < 4.78 is 67.2. The number of carbonyl (C=O) groups is 1. The van der Waals surface area contributed by atoms with Gasteiger partial charge in [-0.2, -0.15) is 32.2 Å². The summed E-state index contributed by atoms with van der Waals surface area (Å²) in [7, 11) is 1.28. The molecule has 1 N–H and O–H groups in total. The van der Waals surface area contributed by atoms with Crippen LogP contribution >= 0.6 is 11.6 Å². The first-order valence-corrected chi connectivity index (χ1v) is 10.2. The number of hydrazone groups is 1. The van der Waals surface area contributed by atoms with E-state index in [1.165, 1.54) is 12.1 Å². The molecule has 1 amide bonds. The molecule has 1 aliphatic heterocycles. The van der Waals surface area contributed by atoms with E-state index in [2.05, 4.69) is 15.5 Å². The lowest BCUT2D eigenvalue weighted by molar-refractivity contribution is -0.291. The number of halogens is 6. The maximum Gasteiger partial charge on any atom is 0.459 e. The highest BCUT2D eigenvalue weighted by Crippen LogP contribution is 2.46. The van der Waals surface area contributed by atoms with Gasteiger partial charge in [-0.05, 0) is 37.5 Å². The molecule has 32 heavy (non-hydrogen) atoms.